The van der Waals surface area contributed by atoms with Crippen LogP contribution in [0.15, 0.2) is 53.0 Å². The third kappa shape index (κ3) is 5.01. The van der Waals surface area contributed by atoms with Crippen molar-refractivity contribution in [1.29, 1.82) is 0 Å². The van der Waals surface area contributed by atoms with Crippen molar-refractivity contribution in [3.63, 3.8) is 0 Å². The molecule has 0 aliphatic heterocycles. The Morgan fingerprint density at radius 2 is 1.80 bits per heavy atom. The highest BCUT2D eigenvalue weighted by molar-refractivity contribution is 7.50. The highest BCUT2D eigenvalue weighted by Gasteiger charge is 2.43. The number of hydrogen-bond donors (Lipinski definition) is 6. The van der Waals surface area contributed by atoms with Crippen molar-refractivity contribution in [3.8, 4) is 5.75 Å². The van der Waals surface area contributed by atoms with Crippen LogP contribution in [0.5, 0.6) is 5.75 Å². The van der Waals surface area contributed by atoms with Crippen LogP contribution in [0.1, 0.15) is 24.8 Å². The van der Waals surface area contributed by atoms with E-state index in [9.17, 15) is 25.0 Å². The Morgan fingerprint density at radius 3 is 2.36 bits per heavy atom. The number of benzene rings is 1. The zero-order chi connectivity index (χ0) is 18.8. The van der Waals surface area contributed by atoms with E-state index in [2.05, 4.69) is 4.76 Å². The first kappa shape index (κ1) is 19.4. The summed E-state index contributed by atoms with van der Waals surface area (Å²) >= 11 is 0. The van der Waals surface area contributed by atoms with E-state index in [1.54, 1.807) is 19.1 Å². The average molecular weight is 369 g/mol. The summed E-state index contributed by atoms with van der Waals surface area (Å²) < 4.78 is 14.3. The fourth-order valence-electron chi connectivity index (χ4n) is 2.79. The van der Waals surface area contributed by atoms with Gasteiger partial charge in [-0.3, -0.25) is 0 Å². The maximum Gasteiger partial charge on any atom is 0.448 e. The molecule has 8 nitrogen and oxygen atoms in total. The first-order valence-electron chi connectivity index (χ1n) is 7.46. The van der Waals surface area contributed by atoms with E-state index in [0.29, 0.717) is 5.56 Å². The molecule has 1 aliphatic rings. The summed E-state index contributed by atoms with van der Waals surface area (Å²) in [6.07, 6.45) is 3.47. The lowest BCUT2D eigenvalue weighted by atomic mass is 9.81. The fraction of sp³-hybridized carbons (Fsp3) is 0.312. The molecule has 2 atom stereocenters. The number of rotatable bonds is 5. The summed E-state index contributed by atoms with van der Waals surface area (Å²) in [5.74, 6) is -4.77. The molecule has 9 heteroatoms. The minimum atomic E-state index is -4.82. The fourth-order valence-corrected chi connectivity index (χ4v) is 3.28. The number of aliphatic hydroxyl groups is 3. The van der Waals surface area contributed by atoms with Gasteiger partial charge >= 0.3 is 7.75 Å². The monoisotopic (exact) mass is 369 g/mol. The van der Waals surface area contributed by atoms with Crippen molar-refractivity contribution >= 4 is 13.5 Å². The molecule has 0 spiro atoms. The Labute approximate surface area is 144 Å². The van der Waals surface area contributed by atoms with Gasteiger partial charge in [0.2, 0.25) is 0 Å². The summed E-state index contributed by atoms with van der Waals surface area (Å²) in [7, 11) is -4.82. The molecule has 0 aromatic heterocycles. The van der Waals surface area contributed by atoms with Crippen LogP contribution < -0.4 is 0 Å². The summed E-state index contributed by atoms with van der Waals surface area (Å²) in [5.41, 5.74) is 0.393. The third-order valence-electron chi connectivity index (χ3n) is 3.90. The van der Waals surface area contributed by atoms with Gasteiger partial charge < -0.3 is 30.2 Å². The molecule has 25 heavy (non-hydrogen) atoms. The zero-order valence-electron chi connectivity index (χ0n) is 13.4. The second-order valence-electron chi connectivity index (χ2n) is 6.00. The second-order valence-corrected chi connectivity index (χ2v) is 7.22. The van der Waals surface area contributed by atoms with Crippen molar-refractivity contribution in [1.82, 2.24) is 0 Å². The maximum absolute atomic E-state index is 11.1. The molecular formula is C16H20NO7P. The lowest BCUT2D eigenvalue weighted by Crippen LogP contribution is -2.44. The van der Waals surface area contributed by atoms with E-state index >= 15 is 0 Å². The molecular weight excluding hydrogens is 349 g/mol. The van der Waals surface area contributed by atoms with Crippen LogP contribution in [-0.2, 0) is 4.57 Å². The first-order chi connectivity index (χ1) is 11.5. The number of aliphatic hydroxyl groups excluding tert-OH is 1. The van der Waals surface area contributed by atoms with Crippen molar-refractivity contribution in [3.05, 3.63) is 53.8 Å². The minimum Gasteiger partial charge on any atom is -0.511 e. The summed E-state index contributed by atoms with van der Waals surface area (Å²) in [6.45, 7) is 1.72. The van der Waals surface area contributed by atoms with Gasteiger partial charge in [0.05, 0.1) is 5.71 Å². The van der Waals surface area contributed by atoms with Crippen LogP contribution in [0, 0.1) is 5.92 Å². The molecule has 2 unspecified atom stereocenters. The Balaban J connectivity index is 2.30. The Bertz CT molecular complexity index is 761. The highest BCUT2D eigenvalue weighted by Crippen LogP contribution is 2.41. The van der Waals surface area contributed by atoms with E-state index in [1.165, 1.54) is 30.4 Å². The normalized spacial score (nSPS) is 21.2. The molecule has 0 radical (unpaired) electrons. The molecule has 0 amide bonds. The summed E-state index contributed by atoms with van der Waals surface area (Å²) in [4.78, 5) is 18.1. The van der Waals surface area contributed by atoms with Gasteiger partial charge in [0, 0.05) is 6.42 Å². The van der Waals surface area contributed by atoms with E-state index in [0.717, 1.165) is 0 Å². The van der Waals surface area contributed by atoms with E-state index in [4.69, 9.17) is 9.79 Å². The van der Waals surface area contributed by atoms with Gasteiger partial charge in [0.1, 0.15) is 17.4 Å². The van der Waals surface area contributed by atoms with Crippen LogP contribution >= 0.6 is 7.75 Å². The summed E-state index contributed by atoms with van der Waals surface area (Å²) in [6, 6.07) is 6.17. The Hall–Kier alpha value is -1.96. The maximum atomic E-state index is 11.1. The number of phenols is 1. The first-order valence-corrected chi connectivity index (χ1v) is 9.02. The van der Waals surface area contributed by atoms with Gasteiger partial charge in [0.15, 0.2) is 5.79 Å². The van der Waals surface area contributed by atoms with Crippen molar-refractivity contribution in [2.24, 2.45) is 10.7 Å². The van der Waals surface area contributed by atoms with Gasteiger partial charge in [-0.25, -0.2) is 4.57 Å². The van der Waals surface area contributed by atoms with Crippen LogP contribution in [0.4, 0.5) is 0 Å². The van der Waals surface area contributed by atoms with Crippen LogP contribution in [0.2, 0.25) is 0 Å². The third-order valence-corrected chi connectivity index (χ3v) is 4.39. The minimum absolute atomic E-state index is 0.0734. The molecule has 1 aromatic carbocycles. The topological polar surface area (TPSA) is 151 Å². The molecule has 1 aromatic rings. The molecule has 1 aliphatic carbocycles. The van der Waals surface area contributed by atoms with E-state index in [-0.39, 0.29) is 23.8 Å². The lowest BCUT2D eigenvalue weighted by molar-refractivity contribution is -0.188. The van der Waals surface area contributed by atoms with Crippen molar-refractivity contribution in [2.45, 2.75) is 25.0 Å². The quantitative estimate of drug-likeness (QED) is 0.342. The molecule has 2 rings (SSSR count). The number of allylic oxidation sites excluding steroid dienone is 3. The van der Waals surface area contributed by atoms with Gasteiger partial charge in [0.25, 0.3) is 0 Å². The number of aromatic hydroxyl groups is 1. The SMILES string of the molecule is CC(CC(O)(O)C1C(O)=CC=C/C1=N\P(=O)(O)O)c1ccc(O)cc1. The van der Waals surface area contributed by atoms with Crippen LogP contribution in [-0.4, -0.2) is 41.7 Å². The average Bonchev–Trinajstić information content (AvgIpc) is 2.45. The van der Waals surface area contributed by atoms with Crippen molar-refractivity contribution in [2.75, 3.05) is 0 Å². The van der Waals surface area contributed by atoms with Gasteiger partial charge in [-0.1, -0.05) is 25.1 Å². The number of nitrogens with zero attached hydrogens (tertiary/aromatic N) is 1. The molecule has 0 saturated carbocycles. The zero-order valence-corrected chi connectivity index (χ0v) is 14.3. The molecule has 0 heterocycles. The van der Waals surface area contributed by atoms with Crippen LogP contribution in [0.25, 0.3) is 0 Å². The number of phenolic OH excluding ortho intramolecular Hbond substituents is 1. The van der Waals surface area contributed by atoms with Crippen LogP contribution in [0.3, 0.4) is 0 Å². The standard InChI is InChI=1S/C16H20NO7P/c1-10(11-5-7-12(18)8-6-11)9-16(20,21)15-13(17-25(22,23)24)3-2-4-14(15)19/h2-8,10,15,18-21H,9H2,1H3,(H2,22,23,24)/b17-13+. The van der Waals surface area contributed by atoms with Gasteiger partial charge in [-0.15, -0.1) is 0 Å². The van der Waals surface area contributed by atoms with E-state index in [1.807, 2.05) is 0 Å². The molecule has 6 N–H and O–H groups in total. The predicted octanol–water partition coefficient (Wildman–Crippen LogP) is 1.73. The second kappa shape index (κ2) is 7.11. The van der Waals surface area contributed by atoms with Gasteiger partial charge in [-0.05, 0) is 35.8 Å². The highest BCUT2D eigenvalue weighted by atomic mass is 31.2. The lowest BCUT2D eigenvalue weighted by Gasteiger charge is -2.34. The van der Waals surface area contributed by atoms with Crippen molar-refractivity contribution < 1.29 is 34.8 Å². The molecule has 136 valence electrons. The Morgan fingerprint density at radius 1 is 1.20 bits per heavy atom. The van der Waals surface area contributed by atoms with Gasteiger partial charge in [-0.2, -0.15) is 4.76 Å². The number of hydrogen-bond acceptors (Lipinski definition) is 5. The smallest absolute Gasteiger partial charge is 0.448 e. The Kier molecular flexibility index (Phi) is 5.51. The molecule has 0 saturated heterocycles. The predicted molar refractivity (Wildman–Crippen MR) is 91.1 cm³/mol. The summed E-state index contributed by atoms with van der Waals surface area (Å²) in [5, 5.41) is 40.3. The molecule has 0 bridgehead atoms. The molecule has 0 fully saturated rings. The largest absolute Gasteiger partial charge is 0.511 e. The van der Waals surface area contributed by atoms with E-state index < -0.39 is 25.2 Å².